The van der Waals surface area contributed by atoms with E-state index in [1.165, 1.54) is 6.07 Å². The Labute approximate surface area is 92.6 Å². The number of benzene rings is 1. The highest BCUT2D eigenvalue weighted by Crippen LogP contribution is 2.21. The van der Waals surface area contributed by atoms with Crippen LogP contribution < -0.4 is 5.73 Å². The largest absolute Gasteiger partial charge is 0.330 e. The van der Waals surface area contributed by atoms with Crippen molar-refractivity contribution in [2.75, 3.05) is 23.8 Å². The van der Waals surface area contributed by atoms with E-state index in [1.54, 1.807) is 17.8 Å². The summed E-state index contributed by atoms with van der Waals surface area (Å²) in [4.78, 5) is 0.737. The molecule has 4 heteroatoms. The van der Waals surface area contributed by atoms with Crippen molar-refractivity contribution in [3.05, 3.63) is 30.1 Å². The van der Waals surface area contributed by atoms with Crippen molar-refractivity contribution in [1.82, 2.24) is 0 Å². The second kappa shape index (κ2) is 7.15. The third-order valence-electron chi connectivity index (χ3n) is 1.58. The summed E-state index contributed by atoms with van der Waals surface area (Å²) in [5, 5.41) is 0. The number of rotatable bonds is 6. The molecule has 0 aliphatic carbocycles. The highest BCUT2D eigenvalue weighted by atomic mass is 32.2. The average molecular weight is 231 g/mol. The fourth-order valence-electron chi connectivity index (χ4n) is 0.958. The van der Waals surface area contributed by atoms with Gasteiger partial charge in [-0.2, -0.15) is 11.8 Å². The summed E-state index contributed by atoms with van der Waals surface area (Å²) in [5.74, 6) is 2.82. The number of halogens is 1. The Bertz CT molecular complexity index is 268. The number of nitrogens with two attached hydrogens (primary N) is 1. The third kappa shape index (κ3) is 4.35. The standard InChI is InChI=1S/C10H14FNS2/c11-9-3-1-2-4-10(9)14-8-7-13-6-5-12/h1-4H,5-8,12H2. The zero-order chi connectivity index (χ0) is 10.2. The minimum atomic E-state index is -0.124. The summed E-state index contributed by atoms with van der Waals surface area (Å²) in [6.07, 6.45) is 0. The van der Waals surface area contributed by atoms with Gasteiger partial charge in [0.25, 0.3) is 0 Å². The number of hydrogen-bond donors (Lipinski definition) is 1. The van der Waals surface area contributed by atoms with Crippen LogP contribution in [0.3, 0.4) is 0 Å². The van der Waals surface area contributed by atoms with Crippen LogP contribution in [0.5, 0.6) is 0 Å². The normalized spacial score (nSPS) is 10.4. The molecule has 1 aromatic carbocycles. The Morgan fingerprint density at radius 1 is 1.14 bits per heavy atom. The highest BCUT2D eigenvalue weighted by Gasteiger charge is 1.99. The number of hydrogen-bond acceptors (Lipinski definition) is 3. The molecule has 0 atom stereocenters. The molecule has 1 nitrogen and oxygen atoms in total. The average Bonchev–Trinajstić information content (AvgIpc) is 2.20. The molecule has 0 aromatic heterocycles. The highest BCUT2D eigenvalue weighted by molar-refractivity contribution is 8.02. The van der Waals surface area contributed by atoms with Crippen LogP contribution in [-0.4, -0.2) is 23.8 Å². The summed E-state index contributed by atoms with van der Waals surface area (Å²) in [6.45, 7) is 0.717. The first-order valence-electron chi connectivity index (χ1n) is 4.49. The SMILES string of the molecule is NCCSCCSc1ccccc1F. The topological polar surface area (TPSA) is 26.0 Å². The molecule has 0 aliphatic rings. The van der Waals surface area contributed by atoms with Gasteiger partial charge in [-0.05, 0) is 12.1 Å². The van der Waals surface area contributed by atoms with Crippen LogP contribution in [0.1, 0.15) is 0 Å². The van der Waals surface area contributed by atoms with Gasteiger partial charge in [-0.3, -0.25) is 0 Å². The zero-order valence-electron chi connectivity index (χ0n) is 7.91. The lowest BCUT2D eigenvalue weighted by atomic mass is 10.3. The number of thioether (sulfide) groups is 2. The van der Waals surface area contributed by atoms with Crippen LogP contribution in [0, 0.1) is 5.82 Å². The van der Waals surface area contributed by atoms with Gasteiger partial charge in [-0.25, -0.2) is 4.39 Å². The van der Waals surface area contributed by atoms with E-state index in [9.17, 15) is 4.39 Å². The molecule has 0 spiro atoms. The van der Waals surface area contributed by atoms with Gasteiger partial charge in [-0.15, -0.1) is 11.8 Å². The van der Waals surface area contributed by atoms with Gasteiger partial charge in [0, 0.05) is 28.7 Å². The molecular weight excluding hydrogens is 217 g/mol. The van der Waals surface area contributed by atoms with Crippen molar-refractivity contribution in [2.24, 2.45) is 5.73 Å². The minimum absolute atomic E-state index is 0.124. The minimum Gasteiger partial charge on any atom is -0.330 e. The van der Waals surface area contributed by atoms with Crippen LogP contribution in [0.2, 0.25) is 0 Å². The van der Waals surface area contributed by atoms with Gasteiger partial charge in [0.1, 0.15) is 5.82 Å². The van der Waals surface area contributed by atoms with Crippen LogP contribution in [0.15, 0.2) is 29.2 Å². The molecule has 14 heavy (non-hydrogen) atoms. The molecule has 0 amide bonds. The van der Waals surface area contributed by atoms with E-state index >= 15 is 0 Å². The molecule has 2 N–H and O–H groups in total. The predicted octanol–water partition coefficient (Wildman–Crippen LogP) is 2.61. The van der Waals surface area contributed by atoms with Crippen LogP contribution in [0.4, 0.5) is 4.39 Å². The second-order valence-electron chi connectivity index (χ2n) is 2.68. The van der Waals surface area contributed by atoms with Crippen molar-refractivity contribution in [3.63, 3.8) is 0 Å². The summed E-state index contributed by atoms with van der Waals surface area (Å²) < 4.78 is 13.1. The van der Waals surface area contributed by atoms with Crippen molar-refractivity contribution in [2.45, 2.75) is 4.90 Å². The molecule has 0 heterocycles. The maximum absolute atomic E-state index is 13.1. The van der Waals surface area contributed by atoms with Crippen molar-refractivity contribution in [1.29, 1.82) is 0 Å². The summed E-state index contributed by atoms with van der Waals surface area (Å²) in [6, 6.07) is 6.88. The zero-order valence-corrected chi connectivity index (χ0v) is 9.54. The van der Waals surface area contributed by atoms with Crippen molar-refractivity contribution >= 4 is 23.5 Å². The maximum atomic E-state index is 13.1. The molecule has 0 aliphatic heterocycles. The van der Waals surface area contributed by atoms with E-state index in [0.29, 0.717) is 0 Å². The first-order valence-corrected chi connectivity index (χ1v) is 6.64. The fraction of sp³-hybridized carbons (Fsp3) is 0.400. The molecule has 1 aromatic rings. The van der Waals surface area contributed by atoms with E-state index < -0.39 is 0 Å². The Kier molecular flexibility index (Phi) is 6.07. The lowest BCUT2D eigenvalue weighted by Gasteiger charge is -2.02. The maximum Gasteiger partial charge on any atom is 0.136 e. The molecule has 0 unspecified atom stereocenters. The van der Waals surface area contributed by atoms with Gasteiger partial charge >= 0.3 is 0 Å². The summed E-state index contributed by atoms with van der Waals surface area (Å²) >= 11 is 3.37. The lowest BCUT2D eigenvalue weighted by Crippen LogP contribution is -2.02. The van der Waals surface area contributed by atoms with Gasteiger partial charge in [-0.1, -0.05) is 12.1 Å². The van der Waals surface area contributed by atoms with Crippen LogP contribution >= 0.6 is 23.5 Å². The Morgan fingerprint density at radius 2 is 1.93 bits per heavy atom. The fourth-order valence-corrected chi connectivity index (χ4v) is 2.73. The molecule has 0 saturated carbocycles. The van der Waals surface area contributed by atoms with Gasteiger partial charge < -0.3 is 5.73 Å². The van der Waals surface area contributed by atoms with E-state index in [1.807, 2.05) is 23.9 Å². The monoisotopic (exact) mass is 231 g/mol. The quantitative estimate of drug-likeness (QED) is 0.602. The molecule has 1 rings (SSSR count). The summed E-state index contributed by atoms with van der Waals surface area (Å²) in [5.41, 5.74) is 5.36. The lowest BCUT2D eigenvalue weighted by molar-refractivity contribution is 0.602. The molecule has 0 fully saturated rings. The van der Waals surface area contributed by atoms with Gasteiger partial charge in [0.05, 0.1) is 0 Å². The van der Waals surface area contributed by atoms with Crippen LogP contribution in [-0.2, 0) is 0 Å². The Morgan fingerprint density at radius 3 is 2.64 bits per heavy atom. The molecule has 78 valence electrons. The van der Waals surface area contributed by atoms with Gasteiger partial charge in [0.2, 0.25) is 0 Å². The molecular formula is C10H14FNS2. The van der Waals surface area contributed by atoms with E-state index in [0.717, 1.165) is 28.7 Å². The predicted molar refractivity (Wildman–Crippen MR) is 63.5 cm³/mol. The van der Waals surface area contributed by atoms with E-state index in [2.05, 4.69) is 0 Å². The first-order chi connectivity index (χ1) is 6.84. The molecule has 0 bridgehead atoms. The van der Waals surface area contributed by atoms with Crippen molar-refractivity contribution < 1.29 is 4.39 Å². The summed E-state index contributed by atoms with van der Waals surface area (Å²) in [7, 11) is 0. The van der Waals surface area contributed by atoms with E-state index in [-0.39, 0.29) is 5.82 Å². The van der Waals surface area contributed by atoms with Gasteiger partial charge in [0.15, 0.2) is 0 Å². The van der Waals surface area contributed by atoms with E-state index in [4.69, 9.17) is 5.73 Å². The van der Waals surface area contributed by atoms with Crippen LogP contribution in [0.25, 0.3) is 0 Å². The molecule has 0 saturated heterocycles. The third-order valence-corrected chi connectivity index (χ3v) is 3.91. The second-order valence-corrected chi connectivity index (χ2v) is 5.04. The molecule has 0 radical (unpaired) electrons. The smallest absolute Gasteiger partial charge is 0.136 e. The first kappa shape index (κ1) is 11.9. The van der Waals surface area contributed by atoms with Crippen molar-refractivity contribution in [3.8, 4) is 0 Å². The Balaban J connectivity index is 2.21. The Hall–Kier alpha value is -0.190.